The number of carbonyl (C=O) groups is 2. The highest BCUT2D eigenvalue weighted by Crippen LogP contribution is 2.30. The van der Waals surface area contributed by atoms with E-state index in [4.69, 9.17) is 9.47 Å². The number of cyclic esters (lactones) is 1. The Bertz CT molecular complexity index is 411. The molecule has 0 N–H and O–H groups in total. The number of allylic oxidation sites excluding steroid dienone is 1. The van der Waals surface area contributed by atoms with Crippen LogP contribution in [0.4, 0.5) is 0 Å². The van der Waals surface area contributed by atoms with Gasteiger partial charge in [0.15, 0.2) is 5.76 Å². The predicted octanol–water partition coefficient (Wildman–Crippen LogP) is 3.54. The molecule has 1 heterocycles. The second kappa shape index (κ2) is 7.45. The Morgan fingerprint density at radius 3 is 2.61 bits per heavy atom. The maximum Gasteiger partial charge on any atom is 0.343 e. The maximum absolute atomic E-state index is 11.7. The quantitative estimate of drug-likeness (QED) is 0.479. The second-order valence-electron chi connectivity index (χ2n) is 3.51. The largest absolute Gasteiger partial charge is 0.457 e. The van der Waals surface area contributed by atoms with Crippen LogP contribution in [0.2, 0.25) is 0 Å². The van der Waals surface area contributed by atoms with E-state index in [1.807, 2.05) is 6.92 Å². The zero-order valence-corrected chi connectivity index (χ0v) is 14.3. The molecule has 0 spiro atoms. The molecule has 0 aromatic carbocycles. The predicted molar refractivity (Wildman–Crippen MR) is 77.6 cm³/mol. The van der Waals surface area contributed by atoms with Gasteiger partial charge in [-0.1, -0.05) is 29.3 Å². The molecule has 0 bridgehead atoms. The SMILES string of the molecule is CCCC(OC(=O)CBr)C1=CC(=C(Br)Br)OC1=O. The lowest BCUT2D eigenvalue weighted by Crippen LogP contribution is -2.24. The lowest BCUT2D eigenvalue weighted by Gasteiger charge is -2.15. The Labute approximate surface area is 130 Å². The molecule has 4 nitrogen and oxygen atoms in total. The minimum atomic E-state index is -0.565. The van der Waals surface area contributed by atoms with Crippen molar-refractivity contribution < 1.29 is 19.1 Å². The molecular formula is C11H11Br3O4. The third-order valence-corrected chi connectivity index (χ3v) is 3.43. The molecule has 0 saturated carbocycles. The van der Waals surface area contributed by atoms with Gasteiger partial charge in [0.2, 0.25) is 0 Å². The average molecular weight is 447 g/mol. The second-order valence-corrected chi connectivity index (χ2v) is 6.73. The summed E-state index contributed by atoms with van der Waals surface area (Å²) >= 11 is 9.35. The fraction of sp³-hybridized carbons (Fsp3) is 0.455. The molecular weight excluding hydrogens is 436 g/mol. The lowest BCUT2D eigenvalue weighted by molar-refractivity contribution is -0.145. The van der Waals surface area contributed by atoms with Crippen molar-refractivity contribution in [3.8, 4) is 0 Å². The first kappa shape index (κ1) is 15.9. The number of alkyl halides is 1. The maximum atomic E-state index is 11.7. The summed E-state index contributed by atoms with van der Waals surface area (Å²) in [5.74, 6) is -0.509. The first-order valence-electron chi connectivity index (χ1n) is 5.24. The van der Waals surface area contributed by atoms with Gasteiger partial charge in [0.25, 0.3) is 0 Å². The fourth-order valence-corrected chi connectivity index (χ4v) is 1.96. The van der Waals surface area contributed by atoms with Crippen molar-refractivity contribution in [2.75, 3.05) is 5.33 Å². The standard InChI is InChI=1S/C11H11Br3O4/c1-2-3-7(17-9(15)5-12)6-4-8(10(13)14)18-11(6)16/h4,7H,2-3,5H2,1H3. The van der Waals surface area contributed by atoms with Crippen LogP contribution in [0.3, 0.4) is 0 Å². The smallest absolute Gasteiger partial charge is 0.343 e. The van der Waals surface area contributed by atoms with Gasteiger partial charge < -0.3 is 9.47 Å². The first-order valence-corrected chi connectivity index (χ1v) is 7.94. The Morgan fingerprint density at radius 1 is 1.50 bits per heavy atom. The highest BCUT2D eigenvalue weighted by molar-refractivity contribution is 9.28. The Hall–Kier alpha value is -0.140. The number of hydrogen-bond acceptors (Lipinski definition) is 4. The summed E-state index contributed by atoms with van der Waals surface area (Å²) in [4.78, 5) is 23.0. The van der Waals surface area contributed by atoms with E-state index < -0.39 is 18.0 Å². The summed E-state index contributed by atoms with van der Waals surface area (Å²) < 4.78 is 10.8. The van der Waals surface area contributed by atoms with E-state index >= 15 is 0 Å². The van der Waals surface area contributed by atoms with E-state index in [-0.39, 0.29) is 5.33 Å². The highest BCUT2D eigenvalue weighted by Gasteiger charge is 2.31. The highest BCUT2D eigenvalue weighted by atomic mass is 79.9. The van der Waals surface area contributed by atoms with E-state index in [0.29, 0.717) is 21.1 Å². The Balaban J connectivity index is 2.92. The number of hydrogen-bond donors (Lipinski definition) is 0. The Morgan fingerprint density at radius 2 is 2.17 bits per heavy atom. The van der Waals surface area contributed by atoms with Crippen LogP contribution in [0.5, 0.6) is 0 Å². The van der Waals surface area contributed by atoms with Gasteiger partial charge in [-0.25, -0.2) is 4.79 Å². The monoisotopic (exact) mass is 444 g/mol. The van der Waals surface area contributed by atoms with Gasteiger partial charge in [-0.05, 0) is 44.4 Å². The number of carbonyl (C=O) groups excluding carboxylic acids is 2. The molecule has 0 aromatic rings. The summed E-state index contributed by atoms with van der Waals surface area (Å²) in [7, 11) is 0. The molecule has 1 unspecified atom stereocenters. The van der Waals surface area contributed by atoms with E-state index in [0.717, 1.165) is 6.42 Å². The lowest BCUT2D eigenvalue weighted by atomic mass is 10.1. The molecule has 1 atom stereocenters. The third-order valence-electron chi connectivity index (χ3n) is 2.19. The van der Waals surface area contributed by atoms with Gasteiger partial charge in [0, 0.05) is 0 Å². The van der Waals surface area contributed by atoms with Gasteiger partial charge in [-0.3, -0.25) is 4.79 Å². The number of rotatable bonds is 5. The van der Waals surface area contributed by atoms with Gasteiger partial charge in [-0.2, -0.15) is 0 Å². The van der Waals surface area contributed by atoms with Gasteiger partial charge in [0.05, 0.1) is 5.57 Å². The van der Waals surface area contributed by atoms with Gasteiger partial charge >= 0.3 is 11.9 Å². The van der Waals surface area contributed by atoms with Crippen molar-refractivity contribution >= 4 is 59.7 Å². The van der Waals surface area contributed by atoms with Crippen LogP contribution in [-0.2, 0) is 19.1 Å². The van der Waals surface area contributed by atoms with Crippen LogP contribution in [0, 0.1) is 0 Å². The molecule has 0 amide bonds. The van der Waals surface area contributed by atoms with Crippen LogP contribution >= 0.6 is 47.8 Å². The number of ether oxygens (including phenoxy) is 2. The molecule has 0 radical (unpaired) electrons. The zero-order chi connectivity index (χ0) is 13.7. The molecule has 1 aliphatic heterocycles. The molecule has 100 valence electrons. The van der Waals surface area contributed by atoms with Crippen molar-refractivity contribution in [1.29, 1.82) is 0 Å². The van der Waals surface area contributed by atoms with E-state index in [1.165, 1.54) is 0 Å². The number of esters is 2. The van der Waals surface area contributed by atoms with Crippen LogP contribution in [0.25, 0.3) is 0 Å². The summed E-state index contributed by atoms with van der Waals surface area (Å²) in [6.45, 7) is 1.95. The normalized spacial score (nSPS) is 16.1. The van der Waals surface area contributed by atoms with Crippen molar-refractivity contribution in [2.45, 2.75) is 25.9 Å². The minimum absolute atomic E-state index is 0.0976. The van der Waals surface area contributed by atoms with Crippen LogP contribution in [-0.4, -0.2) is 23.4 Å². The minimum Gasteiger partial charge on any atom is -0.457 e. The number of halogens is 3. The average Bonchev–Trinajstić information content (AvgIpc) is 2.70. The van der Waals surface area contributed by atoms with Gasteiger partial charge in [0.1, 0.15) is 14.8 Å². The summed E-state index contributed by atoms with van der Waals surface area (Å²) in [6, 6.07) is 0. The molecule has 1 rings (SSSR count). The molecule has 18 heavy (non-hydrogen) atoms. The summed E-state index contributed by atoms with van der Waals surface area (Å²) in [5.41, 5.74) is 0.359. The van der Waals surface area contributed by atoms with E-state index in [2.05, 4.69) is 47.8 Å². The van der Waals surface area contributed by atoms with Crippen molar-refractivity contribution in [3.63, 3.8) is 0 Å². The Kier molecular flexibility index (Phi) is 6.59. The zero-order valence-electron chi connectivity index (χ0n) is 9.54. The summed E-state index contributed by atoms with van der Waals surface area (Å²) in [5, 5.41) is 0.0976. The molecule has 0 saturated heterocycles. The first-order chi connectivity index (χ1) is 8.49. The van der Waals surface area contributed by atoms with E-state index in [1.54, 1.807) is 6.08 Å². The molecule has 7 heteroatoms. The van der Waals surface area contributed by atoms with Crippen LogP contribution in [0.1, 0.15) is 19.8 Å². The molecule has 1 aliphatic rings. The molecule has 0 aromatic heterocycles. The van der Waals surface area contributed by atoms with Crippen molar-refractivity contribution in [1.82, 2.24) is 0 Å². The van der Waals surface area contributed by atoms with Crippen LogP contribution in [0.15, 0.2) is 20.8 Å². The topological polar surface area (TPSA) is 52.6 Å². The van der Waals surface area contributed by atoms with Crippen LogP contribution < -0.4 is 0 Å². The molecule has 0 aliphatic carbocycles. The van der Waals surface area contributed by atoms with Crippen molar-refractivity contribution in [2.24, 2.45) is 0 Å². The fourth-order valence-electron chi connectivity index (χ4n) is 1.44. The molecule has 0 fully saturated rings. The van der Waals surface area contributed by atoms with Gasteiger partial charge in [-0.15, -0.1) is 0 Å². The third kappa shape index (κ3) is 4.20. The summed E-state index contributed by atoms with van der Waals surface area (Å²) in [6.07, 6.45) is 2.37. The van der Waals surface area contributed by atoms with Crippen molar-refractivity contribution in [3.05, 3.63) is 20.8 Å². The van der Waals surface area contributed by atoms with E-state index in [9.17, 15) is 9.59 Å².